The van der Waals surface area contributed by atoms with Gasteiger partial charge in [-0.3, -0.25) is 14.8 Å². The standard InChI is InChI=1S/C24H28ClN5O2/c1-5-30-17(4)22(16(3)29-30)15-26-24(27-20-10-12-21(13-11-20)32-6-2)28-23(31)18-8-7-9-19(25)14-18/h7-14H,5-6,15H2,1-4H3,(H2,26,27,28,31). The van der Waals surface area contributed by atoms with Crippen LogP contribution >= 0.6 is 11.6 Å². The number of aromatic nitrogens is 2. The molecule has 1 amide bonds. The Kier molecular flexibility index (Phi) is 7.89. The summed E-state index contributed by atoms with van der Waals surface area (Å²) in [5, 5.41) is 11.1. The Morgan fingerprint density at radius 1 is 1.16 bits per heavy atom. The molecule has 32 heavy (non-hydrogen) atoms. The molecule has 168 valence electrons. The van der Waals surface area contributed by atoms with E-state index in [1.807, 2.05) is 49.7 Å². The SMILES string of the molecule is CCOc1ccc(NC(=NCc2c(C)nn(CC)c2C)NC(=O)c2cccc(Cl)c2)cc1. The van der Waals surface area contributed by atoms with Crippen LogP contribution in [0.25, 0.3) is 0 Å². The highest BCUT2D eigenvalue weighted by Crippen LogP contribution is 2.17. The lowest BCUT2D eigenvalue weighted by molar-refractivity contribution is 0.0977. The number of ether oxygens (including phenoxy) is 1. The fourth-order valence-corrected chi connectivity index (χ4v) is 3.48. The molecule has 0 aliphatic rings. The molecular formula is C24H28ClN5O2. The van der Waals surface area contributed by atoms with Gasteiger partial charge < -0.3 is 10.1 Å². The van der Waals surface area contributed by atoms with Crippen molar-refractivity contribution in [1.82, 2.24) is 15.1 Å². The molecule has 2 aromatic carbocycles. The third-order valence-electron chi connectivity index (χ3n) is 4.97. The summed E-state index contributed by atoms with van der Waals surface area (Å²) in [5.41, 5.74) is 4.25. The first-order chi connectivity index (χ1) is 15.4. The van der Waals surface area contributed by atoms with Crippen molar-refractivity contribution in [2.45, 2.75) is 40.8 Å². The Balaban J connectivity index is 1.85. The number of aliphatic imine (C=N–C) groups is 1. The van der Waals surface area contributed by atoms with Gasteiger partial charge in [0.2, 0.25) is 5.96 Å². The third kappa shape index (κ3) is 5.88. The van der Waals surface area contributed by atoms with Crippen molar-refractivity contribution < 1.29 is 9.53 Å². The number of rotatable bonds is 7. The molecule has 0 radical (unpaired) electrons. The van der Waals surface area contributed by atoms with E-state index in [4.69, 9.17) is 16.3 Å². The number of nitrogens with one attached hydrogen (secondary N) is 2. The average Bonchev–Trinajstić information content (AvgIpc) is 3.06. The van der Waals surface area contributed by atoms with Crippen molar-refractivity contribution in [3.8, 4) is 5.75 Å². The Morgan fingerprint density at radius 2 is 1.91 bits per heavy atom. The number of benzene rings is 2. The molecule has 0 bridgehead atoms. The zero-order chi connectivity index (χ0) is 23.1. The van der Waals surface area contributed by atoms with Gasteiger partial charge in [-0.15, -0.1) is 0 Å². The summed E-state index contributed by atoms with van der Waals surface area (Å²) in [4.78, 5) is 17.5. The number of aryl methyl sites for hydroxylation is 2. The number of guanidine groups is 1. The molecule has 0 spiro atoms. The third-order valence-corrected chi connectivity index (χ3v) is 5.21. The predicted octanol–water partition coefficient (Wildman–Crippen LogP) is 4.97. The summed E-state index contributed by atoms with van der Waals surface area (Å²) < 4.78 is 7.44. The second kappa shape index (κ2) is 10.8. The molecule has 0 saturated carbocycles. The van der Waals surface area contributed by atoms with E-state index in [1.54, 1.807) is 24.3 Å². The smallest absolute Gasteiger partial charge is 0.258 e. The van der Waals surface area contributed by atoms with Gasteiger partial charge in [0.25, 0.3) is 5.91 Å². The van der Waals surface area contributed by atoms with E-state index in [0.29, 0.717) is 29.7 Å². The lowest BCUT2D eigenvalue weighted by atomic mass is 10.2. The first-order valence-corrected chi connectivity index (χ1v) is 10.9. The van der Waals surface area contributed by atoms with E-state index in [9.17, 15) is 4.79 Å². The van der Waals surface area contributed by atoms with Gasteiger partial charge in [0.05, 0.1) is 18.8 Å². The van der Waals surface area contributed by atoms with Crippen LogP contribution in [0.5, 0.6) is 5.75 Å². The van der Waals surface area contributed by atoms with Crippen LogP contribution in [0.15, 0.2) is 53.5 Å². The Bertz CT molecular complexity index is 1110. The fourth-order valence-electron chi connectivity index (χ4n) is 3.29. The van der Waals surface area contributed by atoms with Crippen molar-refractivity contribution in [3.05, 3.63) is 76.1 Å². The second-order valence-electron chi connectivity index (χ2n) is 7.18. The number of amides is 1. The molecule has 0 atom stereocenters. The summed E-state index contributed by atoms with van der Waals surface area (Å²) in [6.07, 6.45) is 0. The summed E-state index contributed by atoms with van der Waals surface area (Å²) in [5.74, 6) is 0.808. The molecule has 8 heteroatoms. The van der Waals surface area contributed by atoms with Crippen LogP contribution in [0.2, 0.25) is 5.02 Å². The van der Waals surface area contributed by atoms with Crippen LogP contribution < -0.4 is 15.4 Å². The zero-order valence-electron chi connectivity index (χ0n) is 18.8. The van der Waals surface area contributed by atoms with Crippen LogP contribution in [0, 0.1) is 13.8 Å². The monoisotopic (exact) mass is 453 g/mol. The highest BCUT2D eigenvalue weighted by molar-refractivity contribution is 6.31. The van der Waals surface area contributed by atoms with E-state index < -0.39 is 0 Å². The molecule has 2 N–H and O–H groups in total. The fraction of sp³-hybridized carbons (Fsp3) is 0.292. The summed E-state index contributed by atoms with van der Waals surface area (Å²) in [6.45, 7) is 9.75. The van der Waals surface area contributed by atoms with Gasteiger partial charge in [-0.25, -0.2) is 4.99 Å². The molecule has 3 rings (SSSR count). The molecule has 3 aromatic rings. The van der Waals surface area contributed by atoms with Gasteiger partial charge in [0, 0.05) is 34.1 Å². The van der Waals surface area contributed by atoms with Crippen molar-refractivity contribution in [3.63, 3.8) is 0 Å². The van der Waals surface area contributed by atoms with Gasteiger partial charge in [0.1, 0.15) is 5.75 Å². The van der Waals surface area contributed by atoms with Crippen molar-refractivity contribution >= 4 is 29.2 Å². The number of hydrogen-bond acceptors (Lipinski definition) is 4. The van der Waals surface area contributed by atoms with E-state index in [0.717, 1.165) is 34.9 Å². The summed E-state index contributed by atoms with van der Waals surface area (Å²) >= 11 is 6.04. The Morgan fingerprint density at radius 3 is 2.53 bits per heavy atom. The topological polar surface area (TPSA) is 80.5 Å². The minimum absolute atomic E-state index is 0.303. The second-order valence-corrected chi connectivity index (χ2v) is 7.61. The normalized spacial score (nSPS) is 11.3. The Hall–Kier alpha value is -3.32. The van der Waals surface area contributed by atoms with Crippen LogP contribution in [0.4, 0.5) is 5.69 Å². The minimum atomic E-state index is -0.303. The minimum Gasteiger partial charge on any atom is -0.494 e. The first kappa shape index (κ1) is 23.3. The van der Waals surface area contributed by atoms with Gasteiger partial charge in [-0.2, -0.15) is 5.10 Å². The molecule has 7 nitrogen and oxygen atoms in total. The number of halogens is 1. The molecule has 0 unspecified atom stereocenters. The van der Waals surface area contributed by atoms with Crippen molar-refractivity contribution in [2.75, 3.05) is 11.9 Å². The summed E-state index contributed by atoms with van der Waals surface area (Å²) in [6, 6.07) is 14.3. The van der Waals surface area contributed by atoms with E-state index in [2.05, 4.69) is 27.6 Å². The number of hydrogen-bond donors (Lipinski definition) is 2. The highest BCUT2D eigenvalue weighted by atomic mass is 35.5. The van der Waals surface area contributed by atoms with Gasteiger partial charge in [-0.1, -0.05) is 17.7 Å². The van der Waals surface area contributed by atoms with Gasteiger partial charge in [0.15, 0.2) is 0 Å². The highest BCUT2D eigenvalue weighted by Gasteiger charge is 2.13. The molecular weight excluding hydrogens is 426 g/mol. The largest absolute Gasteiger partial charge is 0.494 e. The number of nitrogens with zero attached hydrogens (tertiary/aromatic N) is 3. The van der Waals surface area contributed by atoms with Crippen LogP contribution in [-0.2, 0) is 13.1 Å². The van der Waals surface area contributed by atoms with E-state index in [-0.39, 0.29) is 5.91 Å². The van der Waals surface area contributed by atoms with Crippen molar-refractivity contribution in [2.24, 2.45) is 4.99 Å². The van der Waals surface area contributed by atoms with Gasteiger partial charge >= 0.3 is 0 Å². The maximum absolute atomic E-state index is 12.8. The molecule has 0 fully saturated rings. The van der Waals surface area contributed by atoms with Crippen LogP contribution in [0.1, 0.15) is 41.2 Å². The molecule has 1 heterocycles. The lowest BCUT2D eigenvalue weighted by Crippen LogP contribution is -2.36. The van der Waals surface area contributed by atoms with E-state index >= 15 is 0 Å². The van der Waals surface area contributed by atoms with Crippen LogP contribution in [-0.4, -0.2) is 28.3 Å². The number of anilines is 1. The van der Waals surface area contributed by atoms with Gasteiger partial charge in [-0.05, 0) is 70.2 Å². The van der Waals surface area contributed by atoms with Crippen molar-refractivity contribution in [1.29, 1.82) is 0 Å². The molecule has 0 aliphatic heterocycles. The Labute approximate surface area is 193 Å². The lowest BCUT2D eigenvalue weighted by Gasteiger charge is -2.13. The quantitative estimate of drug-likeness (QED) is 0.391. The number of carbonyl (C=O) groups excluding carboxylic acids is 1. The number of carbonyl (C=O) groups is 1. The maximum Gasteiger partial charge on any atom is 0.258 e. The van der Waals surface area contributed by atoms with E-state index in [1.165, 1.54) is 0 Å². The summed E-state index contributed by atoms with van der Waals surface area (Å²) in [7, 11) is 0. The molecule has 0 saturated heterocycles. The molecule has 1 aromatic heterocycles. The van der Waals surface area contributed by atoms with Crippen LogP contribution in [0.3, 0.4) is 0 Å². The predicted molar refractivity (Wildman–Crippen MR) is 129 cm³/mol. The molecule has 0 aliphatic carbocycles. The maximum atomic E-state index is 12.8. The first-order valence-electron chi connectivity index (χ1n) is 10.5. The average molecular weight is 454 g/mol. The zero-order valence-corrected chi connectivity index (χ0v) is 19.5.